The molecule has 5 rings (SSSR count). The lowest BCUT2D eigenvalue weighted by Gasteiger charge is -2.49. The summed E-state index contributed by atoms with van der Waals surface area (Å²) in [5, 5.41) is 0.834. The van der Waals surface area contributed by atoms with Crippen LogP contribution in [0.3, 0.4) is 0 Å². The van der Waals surface area contributed by atoms with Crippen molar-refractivity contribution in [2.24, 2.45) is 5.41 Å². The molecular weight excluding hydrogens is 452 g/mol. The highest BCUT2D eigenvalue weighted by Crippen LogP contribution is 2.52. The Labute approximate surface area is 199 Å². The number of rotatable bonds is 4. The number of ketones is 1. The van der Waals surface area contributed by atoms with Gasteiger partial charge in [0.15, 0.2) is 5.78 Å². The summed E-state index contributed by atoms with van der Waals surface area (Å²) in [7, 11) is -2.73. The molecule has 1 aromatic heterocycles. The van der Waals surface area contributed by atoms with Crippen molar-refractivity contribution in [3.05, 3.63) is 65.4 Å². The molecule has 3 aromatic rings. The number of ether oxygens (including phenoxy) is 1. The lowest BCUT2D eigenvalue weighted by molar-refractivity contribution is -0.168. The van der Waals surface area contributed by atoms with Crippen molar-refractivity contribution in [1.82, 2.24) is 8.87 Å². The number of methoxy groups -OCH3 is 1. The van der Waals surface area contributed by atoms with E-state index < -0.39 is 27.4 Å². The van der Waals surface area contributed by atoms with Gasteiger partial charge in [-0.1, -0.05) is 42.8 Å². The molecule has 0 saturated carbocycles. The number of carbonyl (C=O) groups excluding carboxylic acids is 2. The molecule has 34 heavy (non-hydrogen) atoms. The molecule has 0 aliphatic carbocycles. The van der Waals surface area contributed by atoms with Gasteiger partial charge in [0.1, 0.15) is 5.41 Å². The zero-order valence-corrected chi connectivity index (χ0v) is 20.4. The molecule has 8 heteroatoms. The number of esters is 1. The molecule has 0 amide bonds. The third-order valence-corrected chi connectivity index (χ3v) is 9.25. The van der Waals surface area contributed by atoms with Gasteiger partial charge in [-0.15, -0.1) is 0 Å². The fraction of sp³-hybridized carbons (Fsp3) is 0.385. The van der Waals surface area contributed by atoms with E-state index in [-0.39, 0.29) is 23.5 Å². The smallest absolute Gasteiger partial charge is 0.321 e. The summed E-state index contributed by atoms with van der Waals surface area (Å²) in [5.41, 5.74) is 1.44. The summed E-state index contributed by atoms with van der Waals surface area (Å²) in [5.74, 6) is -0.799. The molecule has 2 aromatic carbocycles. The molecule has 0 radical (unpaired) electrons. The van der Waals surface area contributed by atoms with Gasteiger partial charge in [0.2, 0.25) is 0 Å². The highest BCUT2D eigenvalue weighted by molar-refractivity contribution is 7.90. The van der Waals surface area contributed by atoms with Crippen molar-refractivity contribution >= 4 is 32.7 Å². The molecule has 1 unspecified atom stereocenters. The molecule has 0 N–H and O–H groups in total. The van der Waals surface area contributed by atoms with Gasteiger partial charge < -0.3 is 4.74 Å². The first-order valence-electron chi connectivity index (χ1n) is 11.6. The predicted octanol–water partition coefficient (Wildman–Crippen LogP) is 3.63. The average Bonchev–Trinajstić information content (AvgIpc) is 3.19. The summed E-state index contributed by atoms with van der Waals surface area (Å²) in [4.78, 5) is 28.9. The van der Waals surface area contributed by atoms with E-state index in [4.69, 9.17) is 4.74 Å². The molecule has 2 aliphatic heterocycles. The zero-order chi connectivity index (χ0) is 24.3. The molecule has 2 atom stereocenters. The predicted molar refractivity (Wildman–Crippen MR) is 128 cm³/mol. The molecule has 1 saturated heterocycles. The standard InChI is InChI=1S/C26H28N2O5S/c1-4-26(25(30)33-3)22(29)14-16-27-15-13-20-19-7-5-6-8-21(19)28(23(20)24(26)27)34(31,32)18-11-9-17(2)10-12-18/h5-12,24H,4,13-16H2,1-3H3/t24-,26?/m1/s1. The van der Waals surface area contributed by atoms with E-state index in [0.29, 0.717) is 30.7 Å². The highest BCUT2D eigenvalue weighted by atomic mass is 32.2. The number of hydrogen-bond donors (Lipinski definition) is 0. The van der Waals surface area contributed by atoms with Crippen LogP contribution in [0, 0.1) is 12.3 Å². The number of nitrogens with zero attached hydrogens (tertiary/aromatic N) is 2. The number of carbonyl (C=O) groups is 2. The number of Topliss-reactive ketones (excluding diaryl/α,β-unsaturated/α-hetero) is 1. The minimum absolute atomic E-state index is 0.168. The number of aromatic nitrogens is 1. The fourth-order valence-corrected chi connectivity index (χ4v) is 7.39. The Bertz CT molecular complexity index is 1400. The largest absolute Gasteiger partial charge is 0.468 e. The van der Waals surface area contributed by atoms with Crippen molar-refractivity contribution in [3.63, 3.8) is 0 Å². The number of piperidine rings is 1. The third kappa shape index (κ3) is 3.01. The van der Waals surface area contributed by atoms with Crippen LogP contribution in [-0.2, 0) is 30.8 Å². The topological polar surface area (TPSA) is 85.7 Å². The summed E-state index contributed by atoms with van der Waals surface area (Å²) in [6.45, 7) is 4.82. The van der Waals surface area contributed by atoms with Crippen LogP contribution < -0.4 is 0 Å². The zero-order valence-electron chi connectivity index (χ0n) is 19.6. The number of aryl methyl sites for hydroxylation is 1. The van der Waals surface area contributed by atoms with E-state index in [2.05, 4.69) is 4.90 Å². The van der Waals surface area contributed by atoms with E-state index in [1.54, 1.807) is 37.3 Å². The van der Waals surface area contributed by atoms with Crippen molar-refractivity contribution in [2.75, 3.05) is 20.2 Å². The quantitative estimate of drug-likeness (QED) is 0.419. The maximum Gasteiger partial charge on any atom is 0.321 e. The molecule has 7 nitrogen and oxygen atoms in total. The second kappa shape index (κ2) is 8.06. The van der Waals surface area contributed by atoms with Gasteiger partial charge in [-0.2, -0.15) is 0 Å². The fourth-order valence-electron chi connectivity index (χ4n) is 5.82. The SMILES string of the molecule is CCC1(C(=O)OC)C(=O)CCN2CCc3c(n(S(=O)(=O)c4ccc(C)cc4)c4ccccc34)[C@@H]21. The van der Waals surface area contributed by atoms with Crippen LogP contribution in [0.4, 0.5) is 0 Å². The first kappa shape index (κ1) is 22.8. The van der Waals surface area contributed by atoms with Crippen LogP contribution in [0.25, 0.3) is 10.9 Å². The maximum absolute atomic E-state index is 14.1. The Hall–Kier alpha value is -2.97. The van der Waals surface area contributed by atoms with Crippen LogP contribution in [0.1, 0.15) is 42.6 Å². The number of hydrogen-bond acceptors (Lipinski definition) is 6. The second-order valence-corrected chi connectivity index (χ2v) is 10.9. The van der Waals surface area contributed by atoms with E-state index in [9.17, 15) is 18.0 Å². The molecule has 3 heterocycles. The van der Waals surface area contributed by atoms with Crippen molar-refractivity contribution in [2.45, 2.75) is 44.0 Å². The Morgan fingerprint density at radius 1 is 1.09 bits per heavy atom. The van der Waals surface area contributed by atoms with Gasteiger partial charge in [-0.3, -0.25) is 14.5 Å². The summed E-state index contributed by atoms with van der Waals surface area (Å²) in [6, 6.07) is 13.4. The first-order valence-corrected chi connectivity index (χ1v) is 13.0. The minimum atomic E-state index is -4.01. The van der Waals surface area contributed by atoms with Crippen molar-refractivity contribution in [1.29, 1.82) is 0 Å². The normalized spacial score (nSPS) is 22.9. The first-order chi connectivity index (χ1) is 16.3. The van der Waals surface area contributed by atoms with Gasteiger partial charge in [-0.25, -0.2) is 12.4 Å². The van der Waals surface area contributed by atoms with Crippen LogP contribution in [0.2, 0.25) is 0 Å². The Kier molecular flexibility index (Phi) is 5.41. The van der Waals surface area contributed by atoms with Crippen LogP contribution >= 0.6 is 0 Å². The summed E-state index contributed by atoms with van der Waals surface area (Å²) in [6.07, 6.45) is 1.10. The summed E-state index contributed by atoms with van der Waals surface area (Å²) >= 11 is 0. The molecule has 0 bridgehead atoms. The molecule has 2 aliphatic rings. The Balaban J connectivity index is 1.88. The second-order valence-electron chi connectivity index (χ2n) is 9.14. The van der Waals surface area contributed by atoms with Crippen LogP contribution in [0.15, 0.2) is 53.4 Å². The lowest BCUT2D eigenvalue weighted by atomic mass is 9.67. The lowest BCUT2D eigenvalue weighted by Crippen LogP contribution is -2.58. The van der Waals surface area contributed by atoms with Gasteiger partial charge in [-0.05, 0) is 43.5 Å². The summed E-state index contributed by atoms with van der Waals surface area (Å²) < 4.78 is 34.8. The minimum Gasteiger partial charge on any atom is -0.468 e. The Morgan fingerprint density at radius 3 is 2.44 bits per heavy atom. The molecular formula is C26H28N2O5S. The molecule has 178 valence electrons. The third-order valence-electron chi connectivity index (χ3n) is 7.51. The van der Waals surface area contributed by atoms with Gasteiger partial charge in [0.05, 0.1) is 29.3 Å². The van der Waals surface area contributed by atoms with E-state index in [1.165, 1.54) is 11.1 Å². The van der Waals surface area contributed by atoms with Crippen molar-refractivity contribution in [3.8, 4) is 0 Å². The number of benzene rings is 2. The van der Waals surface area contributed by atoms with Gasteiger partial charge in [0.25, 0.3) is 10.0 Å². The van der Waals surface area contributed by atoms with E-state index >= 15 is 0 Å². The number of fused-ring (bicyclic) bond motifs is 5. The average molecular weight is 481 g/mol. The van der Waals surface area contributed by atoms with Crippen LogP contribution in [-0.4, -0.2) is 49.2 Å². The molecule has 0 spiro atoms. The van der Waals surface area contributed by atoms with Crippen LogP contribution in [0.5, 0.6) is 0 Å². The van der Waals surface area contributed by atoms with Crippen molar-refractivity contribution < 1.29 is 22.7 Å². The van der Waals surface area contributed by atoms with E-state index in [1.807, 2.05) is 25.1 Å². The van der Waals surface area contributed by atoms with Gasteiger partial charge >= 0.3 is 5.97 Å². The maximum atomic E-state index is 14.1. The Morgan fingerprint density at radius 2 is 1.76 bits per heavy atom. The molecule has 1 fully saturated rings. The number of para-hydroxylation sites is 1. The highest BCUT2D eigenvalue weighted by Gasteiger charge is 2.59. The van der Waals surface area contributed by atoms with E-state index in [0.717, 1.165) is 16.5 Å². The monoisotopic (exact) mass is 480 g/mol. The van der Waals surface area contributed by atoms with Gasteiger partial charge in [0, 0.05) is 24.9 Å².